The molecule has 0 saturated heterocycles. The number of carbonyl (C=O) groups is 1. The van der Waals surface area contributed by atoms with Crippen LogP contribution in [0.5, 0.6) is 0 Å². The van der Waals surface area contributed by atoms with Crippen molar-refractivity contribution >= 4 is 11.7 Å². The Hall–Kier alpha value is -2.95. The van der Waals surface area contributed by atoms with Crippen molar-refractivity contribution in [1.29, 1.82) is 5.26 Å². The zero-order valence-corrected chi connectivity index (χ0v) is 12.3. The standard InChI is InChI=1S/C14H14FN5O2/c1-4-22-14(21)13-12(17-19-18-13)8-5-6-10(20(2)3)9(7-16)11(8)15/h5-6H,4H2,1-3H3,(H,17,18,19). The lowest BCUT2D eigenvalue weighted by atomic mass is 10.0. The van der Waals surface area contributed by atoms with Gasteiger partial charge in [0.25, 0.3) is 0 Å². The monoisotopic (exact) mass is 303 g/mol. The van der Waals surface area contributed by atoms with Crippen LogP contribution in [0.2, 0.25) is 0 Å². The van der Waals surface area contributed by atoms with Crippen molar-refractivity contribution in [3.63, 3.8) is 0 Å². The second-order valence-electron chi connectivity index (χ2n) is 4.57. The Balaban J connectivity index is 2.59. The molecule has 0 unspecified atom stereocenters. The smallest absolute Gasteiger partial charge is 0.361 e. The van der Waals surface area contributed by atoms with Gasteiger partial charge in [-0.25, -0.2) is 9.18 Å². The van der Waals surface area contributed by atoms with Crippen LogP contribution >= 0.6 is 0 Å². The fraction of sp³-hybridized carbons (Fsp3) is 0.286. The van der Waals surface area contributed by atoms with Gasteiger partial charge in [0.05, 0.1) is 12.3 Å². The topological polar surface area (TPSA) is 94.9 Å². The van der Waals surface area contributed by atoms with Crippen LogP contribution in [0.15, 0.2) is 12.1 Å². The van der Waals surface area contributed by atoms with Gasteiger partial charge in [-0.2, -0.15) is 15.6 Å². The van der Waals surface area contributed by atoms with Crippen molar-refractivity contribution in [2.75, 3.05) is 25.6 Å². The van der Waals surface area contributed by atoms with Gasteiger partial charge in [0, 0.05) is 19.7 Å². The number of ether oxygens (including phenoxy) is 1. The summed E-state index contributed by atoms with van der Waals surface area (Å²) >= 11 is 0. The normalized spacial score (nSPS) is 10.1. The molecular formula is C14H14FN5O2. The molecule has 2 aromatic rings. The maximum atomic E-state index is 14.6. The SMILES string of the molecule is CCOC(=O)c1n[nH]nc1-c1ccc(N(C)C)c(C#N)c1F. The molecule has 0 radical (unpaired) electrons. The molecular weight excluding hydrogens is 289 g/mol. The Bertz CT molecular complexity index is 748. The first-order chi connectivity index (χ1) is 10.5. The van der Waals surface area contributed by atoms with Gasteiger partial charge in [-0.3, -0.25) is 0 Å². The summed E-state index contributed by atoms with van der Waals surface area (Å²) in [5.41, 5.74) is 0.212. The highest BCUT2D eigenvalue weighted by molar-refractivity contribution is 5.94. The summed E-state index contributed by atoms with van der Waals surface area (Å²) in [5, 5.41) is 19.0. The maximum absolute atomic E-state index is 14.6. The molecule has 1 aromatic carbocycles. The Morgan fingerprint density at radius 3 is 2.77 bits per heavy atom. The largest absolute Gasteiger partial charge is 0.461 e. The highest BCUT2D eigenvalue weighted by Crippen LogP contribution is 2.30. The molecule has 0 spiro atoms. The van der Waals surface area contributed by atoms with Crippen LogP contribution in [0.3, 0.4) is 0 Å². The molecule has 114 valence electrons. The molecule has 0 aliphatic heterocycles. The number of hydrogen-bond acceptors (Lipinski definition) is 6. The lowest BCUT2D eigenvalue weighted by Gasteiger charge is -2.15. The molecule has 0 aliphatic rings. The number of esters is 1. The van der Waals surface area contributed by atoms with E-state index in [0.717, 1.165) is 0 Å². The number of aromatic nitrogens is 3. The Labute approximate surface area is 126 Å². The fourth-order valence-electron chi connectivity index (χ4n) is 1.99. The van der Waals surface area contributed by atoms with Crippen LogP contribution in [0, 0.1) is 17.1 Å². The first kappa shape index (κ1) is 15.4. The summed E-state index contributed by atoms with van der Waals surface area (Å²) in [5.74, 6) is -1.46. The average molecular weight is 303 g/mol. The molecule has 0 bridgehead atoms. The van der Waals surface area contributed by atoms with E-state index < -0.39 is 11.8 Å². The molecule has 0 aliphatic carbocycles. The summed E-state index contributed by atoms with van der Waals surface area (Å²) in [6, 6.07) is 4.86. The third-order valence-corrected chi connectivity index (χ3v) is 2.99. The van der Waals surface area contributed by atoms with Crippen LogP contribution in [0.4, 0.5) is 10.1 Å². The molecule has 0 atom stereocenters. The predicted molar refractivity (Wildman–Crippen MR) is 76.8 cm³/mol. The Morgan fingerprint density at radius 2 is 2.18 bits per heavy atom. The van der Waals surface area contributed by atoms with Crippen LogP contribution < -0.4 is 4.90 Å². The molecule has 7 nitrogen and oxygen atoms in total. The van der Waals surface area contributed by atoms with E-state index in [0.29, 0.717) is 5.69 Å². The summed E-state index contributed by atoms with van der Waals surface area (Å²) in [6.07, 6.45) is 0. The zero-order chi connectivity index (χ0) is 16.3. The second kappa shape index (κ2) is 6.22. The number of aromatic amines is 1. The highest BCUT2D eigenvalue weighted by Gasteiger charge is 2.24. The minimum absolute atomic E-state index is 0.0118. The number of benzene rings is 1. The van der Waals surface area contributed by atoms with E-state index in [-0.39, 0.29) is 29.1 Å². The van der Waals surface area contributed by atoms with Gasteiger partial charge in [-0.15, -0.1) is 5.10 Å². The quantitative estimate of drug-likeness (QED) is 0.864. The minimum atomic E-state index is -0.756. The summed E-state index contributed by atoms with van der Waals surface area (Å²) in [7, 11) is 3.41. The predicted octanol–water partition coefficient (Wildman–Crippen LogP) is 1.73. The highest BCUT2D eigenvalue weighted by atomic mass is 19.1. The maximum Gasteiger partial charge on any atom is 0.361 e. The average Bonchev–Trinajstić information content (AvgIpc) is 2.96. The number of nitrogens with zero attached hydrogens (tertiary/aromatic N) is 4. The molecule has 0 amide bonds. The van der Waals surface area contributed by atoms with E-state index in [2.05, 4.69) is 15.4 Å². The van der Waals surface area contributed by atoms with E-state index in [1.165, 1.54) is 6.07 Å². The summed E-state index contributed by atoms with van der Waals surface area (Å²) in [4.78, 5) is 13.4. The van der Waals surface area contributed by atoms with Crippen LogP contribution in [0.1, 0.15) is 23.0 Å². The van der Waals surface area contributed by atoms with Gasteiger partial charge in [-0.1, -0.05) is 0 Å². The van der Waals surface area contributed by atoms with Crippen molar-refractivity contribution in [3.8, 4) is 17.3 Å². The van der Waals surface area contributed by atoms with Gasteiger partial charge >= 0.3 is 5.97 Å². The number of halogens is 1. The van der Waals surface area contributed by atoms with Crippen molar-refractivity contribution in [1.82, 2.24) is 15.4 Å². The number of rotatable bonds is 4. The first-order valence-corrected chi connectivity index (χ1v) is 6.49. The number of anilines is 1. The molecule has 2 rings (SSSR count). The molecule has 8 heteroatoms. The molecule has 1 N–H and O–H groups in total. The van der Waals surface area contributed by atoms with Gasteiger partial charge in [0.15, 0.2) is 11.5 Å². The Kier molecular flexibility index (Phi) is 4.36. The van der Waals surface area contributed by atoms with E-state index in [1.54, 1.807) is 32.0 Å². The fourth-order valence-corrected chi connectivity index (χ4v) is 1.99. The van der Waals surface area contributed by atoms with Crippen molar-refractivity contribution in [3.05, 3.63) is 29.2 Å². The number of hydrogen-bond donors (Lipinski definition) is 1. The van der Waals surface area contributed by atoms with Crippen molar-refractivity contribution in [2.45, 2.75) is 6.92 Å². The van der Waals surface area contributed by atoms with E-state index in [9.17, 15) is 14.4 Å². The third kappa shape index (κ3) is 2.61. The van der Waals surface area contributed by atoms with Gasteiger partial charge in [0.1, 0.15) is 17.3 Å². The van der Waals surface area contributed by atoms with Crippen molar-refractivity contribution in [2.24, 2.45) is 0 Å². The van der Waals surface area contributed by atoms with E-state index >= 15 is 0 Å². The van der Waals surface area contributed by atoms with E-state index in [4.69, 9.17) is 4.74 Å². The zero-order valence-electron chi connectivity index (χ0n) is 12.3. The van der Waals surface area contributed by atoms with Gasteiger partial charge in [0.2, 0.25) is 0 Å². The number of H-pyrrole nitrogens is 1. The molecule has 22 heavy (non-hydrogen) atoms. The summed E-state index contributed by atoms with van der Waals surface area (Å²) in [6.45, 7) is 1.81. The number of nitriles is 1. The number of carbonyl (C=O) groups excluding carboxylic acids is 1. The van der Waals surface area contributed by atoms with E-state index in [1.807, 2.05) is 6.07 Å². The Morgan fingerprint density at radius 1 is 1.45 bits per heavy atom. The van der Waals surface area contributed by atoms with Crippen molar-refractivity contribution < 1.29 is 13.9 Å². The second-order valence-corrected chi connectivity index (χ2v) is 4.57. The van der Waals surface area contributed by atoms with Gasteiger partial charge < -0.3 is 9.64 Å². The van der Waals surface area contributed by atoms with Crippen LogP contribution in [0.25, 0.3) is 11.3 Å². The molecule has 0 saturated carbocycles. The number of nitrogens with one attached hydrogen (secondary N) is 1. The van der Waals surface area contributed by atoms with Gasteiger partial charge in [-0.05, 0) is 19.1 Å². The minimum Gasteiger partial charge on any atom is -0.461 e. The lowest BCUT2D eigenvalue weighted by Crippen LogP contribution is -2.12. The lowest BCUT2D eigenvalue weighted by molar-refractivity contribution is 0.0520. The molecule has 0 fully saturated rings. The third-order valence-electron chi connectivity index (χ3n) is 2.99. The molecule has 1 heterocycles. The van der Waals surface area contributed by atoms with Crippen LogP contribution in [-0.4, -0.2) is 42.1 Å². The van der Waals surface area contributed by atoms with Crippen LogP contribution in [-0.2, 0) is 4.74 Å². The first-order valence-electron chi connectivity index (χ1n) is 6.49. The summed E-state index contributed by atoms with van der Waals surface area (Å²) < 4.78 is 19.5. The molecule has 1 aromatic heterocycles.